The van der Waals surface area contributed by atoms with Crippen LogP contribution in [0.1, 0.15) is 22.3 Å². The van der Waals surface area contributed by atoms with E-state index in [4.69, 9.17) is 16.3 Å². The predicted molar refractivity (Wildman–Crippen MR) is 133 cm³/mol. The number of methoxy groups -OCH3 is 1. The molecule has 0 radical (unpaired) electrons. The predicted octanol–water partition coefficient (Wildman–Crippen LogP) is 5.42. The molecule has 0 bridgehead atoms. The molecule has 8 heteroatoms. The first-order chi connectivity index (χ1) is 15.5. The van der Waals surface area contributed by atoms with Crippen molar-refractivity contribution >= 4 is 38.9 Å². The second-order valence-corrected chi connectivity index (χ2v) is 10.3. The number of nitrogens with one attached hydrogen (secondary N) is 1. The van der Waals surface area contributed by atoms with E-state index in [1.54, 1.807) is 55.5 Å². The lowest BCUT2D eigenvalue weighted by Crippen LogP contribution is -2.38. The second-order valence-electron chi connectivity index (χ2n) is 8.02. The maximum atomic E-state index is 13.8. The molecule has 0 aliphatic carbocycles. The molecule has 1 amide bonds. The van der Waals surface area contributed by atoms with Crippen LogP contribution in [0.5, 0.6) is 5.75 Å². The van der Waals surface area contributed by atoms with Gasteiger partial charge in [-0.2, -0.15) is 0 Å². The summed E-state index contributed by atoms with van der Waals surface area (Å²) < 4.78 is 34.1. The first-order valence-electron chi connectivity index (χ1n) is 10.3. The number of ether oxygens (including phenoxy) is 1. The molecule has 0 aliphatic rings. The zero-order valence-electron chi connectivity index (χ0n) is 19.3. The van der Waals surface area contributed by atoms with Gasteiger partial charge in [-0.25, -0.2) is 8.42 Å². The van der Waals surface area contributed by atoms with Crippen molar-refractivity contribution in [3.05, 3.63) is 81.9 Å². The van der Waals surface area contributed by atoms with Gasteiger partial charge in [-0.05, 0) is 86.3 Å². The minimum atomic E-state index is -4.14. The summed E-state index contributed by atoms with van der Waals surface area (Å²) >= 11 is 6.07. The van der Waals surface area contributed by atoms with E-state index in [0.29, 0.717) is 16.4 Å². The Bertz CT molecular complexity index is 1290. The number of benzene rings is 3. The summed E-state index contributed by atoms with van der Waals surface area (Å²) in [7, 11) is -2.72. The Morgan fingerprint density at radius 2 is 1.61 bits per heavy atom. The summed E-state index contributed by atoms with van der Waals surface area (Å²) in [4.78, 5) is 13.0. The molecule has 0 atom stereocenters. The monoisotopic (exact) mass is 486 g/mol. The van der Waals surface area contributed by atoms with Crippen LogP contribution in [0.25, 0.3) is 0 Å². The van der Waals surface area contributed by atoms with Crippen molar-refractivity contribution in [2.45, 2.75) is 32.6 Å². The Morgan fingerprint density at radius 1 is 0.939 bits per heavy atom. The van der Waals surface area contributed by atoms with Crippen molar-refractivity contribution in [1.82, 2.24) is 0 Å². The lowest BCUT2D eigenvalue weighted by molar-refractivity contribution is -0.114. The number of halogens is 1. The molecule has 1 N–H and O–H groups in total. The van der Waals surface area contributed by atoms with Gasteiger partial charge in [-0.15, -0.1) is 0 Å². The smallest absolute Gasteiger partial charge is 0.268 e. The van der Waals surface area contributed by atoms with Crippen LogP contribution >= 0.6 is 11.6 Å². The molecule has 33 heavy (non-hydrogen) atoms. The molecule has 0 aliphatic heterocycles. The number of hydrogen-bond acceptors (Lipinski definition) is 4. The van der Waals surface area contributed by atoms with Gasteiger partial charge in [-0.1, -0.05) is 29.8 Å². The van der Waals surface area contributed by atoms with Gasteiger partial charge in [0.1, 0.15) is 17.2 Å². The summed E-state index contributed by atoms with van der Waals surface area (Å²) in [5, 5.41) is 3.25. The maximum absolute atomic E-state index is 13.8. The van der Waals surface area contributed by atoms with Crippen LogP contribution in [0.3, 0.4) is 0 Å². The zero-order chi connectivity index (χ0) is 24.3. The normalized spacial score (nSPS) is 11.2. The van der Waals surface area contributed by atoms with Crippen LogP contribution in [0, 0.1) is 27.7 Å². The van der Waals surface area contributed by atoms with Crippen molar-refractivity contribution in [1.29, 1.82) is 0 Å². The Morgan fingerprint density at radius 3 is 2.24 bits per heavy atom. The largest absolute Gasteiger partial charge is 0.495 e. The molecule has 3 aromatic rings. The molecule has 3 aromatic carbocycles. The molecule has 0 saturated carbocycles. The van der Waals surface area contributed by atoms with Crippen LogP contribution in [-0.4, -0.2) is 28.0 Å². The highest BCUT2D eigenvalue weighted by molar-refractivity contribution is 7.93. The Hall–Kier alpha value is -3.03. The third kappa shape index (κ3) is 5.67. The van der Waals surface area contributed by atoms with E-state index in [1.807, 2.05) is 26.8 Å². The minimum absolute atomic E-state index is 0.00380. The van der Waals surface area contributed by atoms with Crippen LogP contribution in [0.2, 0.25) is 5.02 Å². The maximum Gasteiger partial charge on any atom is 0.268 e. The first-order valence-corrected chi connectivity index (χ1v) is 12.1. The average molecular weight is 487 g/mol. The van der Waals surface area contributed by atoms with E-state index < -0.39 is 22.5 Å². The number of rotatable bonds is 7. The lowest BCUT2D eigenvalue weighted by Gasteiger charge is -2.26. The molecule has 174 valence electrons. The van der Waals surface area contributed by atoms with Gasteiger partial charge in [0.15, 0.2) is 0 Å². The number of anilines is 2. The Labute approximate surface area is 200 Å². The average Bonchev–Trinajstić information content (AvgIpc) is 2.73. The molecular weight excluding hydrogens is 460 g/mol. The Kier molecular flexibility index (Phi) is 7.34. The van der Waals surface area contributed by atoms with Gasteiger partial charge in [-0.3, -0.25) is 9.10 Å². The van der Waals surface area contributed by atoms with Gasteiger partial charge in [0.2, 0.25) is 5.91 Å². The fourth-order valence-electron chi connectivity index (χ4n) is 3.56. The number of sulfonamides is 1. The fourth-order valence-corrected chi connectivity index (χ4v) is 5.38. The van der Waals surface area contributed by atoms with Crippen LogP contribution in [-0.2, 0) is 14.8 Å². The van der Waals surface area contributed by atoms with Crippen molar-refractivity contribution < 1.29 is 17.9 Å². The number of nitrogens with zero attached hydrogens (tertiary/aromatic N) is 1. The van der Waals surface area contributed by atoms with E-state index in [0.717, 1.165) is 26.6 Å². The van der Waals surface area contributed by atoms with Crippen molar-refractivity contribution in [2.24, 2.45) is 0 Å². The summed E-state index contributed by atoms with van der Waals surface area (Å²) in [6.45, 7) is 6.97. The lowest BCUT2D eigenvalue weighted by atomic mass is 10.1. The molecule has 0 aromatic heterocycles. The SMILES string of the molecule is COc1ccc(C)cc1S(=O)(=O)N(CC(=O)Nc1cc(Cl)ccc1C)c1cc(C)cc(C)c1. The number of amides is 1. The van der Waals surface area contributed by atoms with E-state index in [-0.39, 0.29) is 10.6 Å². The number of carbonyl (C=O) groups excluding carboxylic acids is 1. The van der Waals surface area contributed by atoms with Crippen LogP contribution in [0.4, 0.5) is 11.4 Å². The number of aryl methyl sites for hydroxylation is 4. The van der Waals surface area contributed by atoms with Gasteiger partial charge in [0.05, 0.1) is 12.8 Å². The van der Waals surface area contributed by atoms with Gasteiger partial charge in [0.25, 0.3) is 10.0 Å². The standard InChI is InChI=1S/C25H27ClN2O4S/c1-16-6-9-23(32-5)24(13-16)33(30,31)28(21-11-17(2)10-18(3)12-21)15-25(29)27-22-14-20(26)8-7-19(22)4/h6-14H,15H2,1-5H3,(H,27,29). The van der Waals surface area contributed by atoms with Gasteiger partial charge < -0.3 is 10.1 Å². The van der Waals surface area contributed by atoms with Gasteiger partial charge >= 0.3 is 0 Å². The van der Waals surface area contributed by atoms with Crippen LogP contribution in [0.15, 0.2) is 59.5 Å². The molecule has 0 fully saturated rings. The Balaban J connectivity index is 2.08. The van der Waals surface area contributed by atoms with Crippen molar-refractivity contribution in [2.75, 3.05) is 23.3 Å². The third-order valence-electron chi connectivity index (χ3n) is 5.14. The van der Waals surface area contributed by atoms with E-state index in [9.17, 15) is 13.2 Å². The summed E-state index contributed by atoms with van der Waals surface area (Å²) in [5.41, 5.74) is 4.26. The summed E-state index contributed by atoms with van der Waals surface area (Å²) in [5.74, 6) is -0.282. The summed E-state index contributed by atoms with van der Waals surface area (Å²) in [6.07, 6.45) is 0. The molecule has 6 nitrogen and oxygen atoms in total. The molecule has 0 spiro atoms. The highest BCUT2D eigenvalue weighted by Gasteiger charge is 2.30. The van der Waals surface area contributed by atoms with Crippen molar-refractivity contribution in [3.8, 4) is 5.75 Å². The number of hydrogen-bond donors (Lipinski definition) is 1. The molecule has 0 saturated heterocycles. The molecular formula is C25H27ClN2O4S. The van der Waals surface area contributed by atoms with Crippen LogP contribution < -0.4 is 14.4 Å². The molecule has 0 unspecified atom stereocenters. The highest BCUT2D eigenvalue weighted by atomic mass is 35.5. The van der Waals surface area contributed by atoms with Gasteiger partial charge in [0, 0.05) is 10.7 Å². The fraction of sp³-hybridized carbons (Fsp3) is 0.240. The van der Waals surface area contributed by atoms with E-state index in [1.165, 1.54) is 7.11 Å². The molecule has 3 rings (SSSR count). The van der Waals surface area contributed by atoms with E-state index >= 15 is 0 Å². The first kappa shape index (κ1) is 24.6. The zero-order valence-corrected chi connectivity index (χ0v) is 20.8. The number of carbonyl (C=O) groups is 1. The highest BCUT2D eigenvalue weighted by Crippen LogP contribution is 2.32. The topological polar surface area (TPSA) is 75.7 Å². The molecule has 0 heterocycles. The quantitative estimate of drug-likeness (QED) is 0.484. The third-order valence-corrected chi connectivity index (χ3v) is 7.17. The minimum Gasteiger partial charge on any atom is -0.495 e. The van der Waals surface area contributed by atoms with Crippen molar-refractivity contribution in [3.63, 3.8) is 0 Å². The second kappa shape index (κ2) is 9.85. The summed E-state index contributed by atoms with van der Waals surface area (Å²) in [6, 6.07) is 15.5. The van der Waals surface area contributed by atoms with E-state index in [2.05, 4.69) is 5.32 Å².